The van der Waals surface area contributed by atoms with E-state index in [0.717, 1.165) is 0 Å². The SMILES string of the molecule is O.O.O.O.O.O=C([O-])CC(O)(CC(=O)[O-])C(=O)[O-].[Li+]. The van der Waals surface area contributed by atoms with Gasteiger partial charge in [-0.15, -0.1) is 0 Å². The molecule has 19 heavy (non-hydrogen) atoms. The van der Waals surface area contributed by atoms with Crippen LogP contribution < -0.4 is 34.2 Å². The van der Waals surface area contributed by atoms with E-state index < -0.39 is 36.4 Å². The van der Waals surface area contributed by atoms with Crippen molar-refractivity contribution in [3.8, 4) is 0 Å². The number of hydrogen-bond acceptors (Lipinski definition) is 7. The number of carboxylic acids is 3. The smallest absolute Gasteiger partial charge is 0.550 e. The normalized spacial score (nSPS) is 7.42. The summed E-state index contributed by atoms with van der Waals surface area (Å²) in [6.07, 6.45) is -2.72. The third-order valence-electron chi connectivity index (χ3n) is 1.25. The van der Waals surface area contributed by atoms with Crippen LogP contribution in [0.25, 0.3) is 0 Å². The number of aliphatic carboxylic acids is 3. The summed E-state index contributed by atoms with van der Waals surface area (Å²) < 4.78 is 0. The van der Waals surface area contributed by atoms with E-state index in [1.807, 2.05) is 0 Å². The number of carbonyl (C=O) groups excluding carboxylic acids is 3. The predicted octanol–water partition coefficient (Wildman–Crippen LogP) is -12.4. The molecule has 0 atom stereocenters. The van der Waals surface area contributed by atoms with Crippen molar-refractivity contribution >= 4 is 17.9 Å². The van der Waals surface area contributed by atoms with Gasteiger partial charge >= 0.3 is 18.9 Å². The van der Waals surface area contributed by atoms with Crippen molar-refractivity contribution in [1.82, 2.24) is 0 Å². The summed E-state index contributed by atoms with van der Waals surface area (Å²) in [5.41, 5.74) is -2.97. The summed E-state index contributed by atoms with van der Waals surface area (Å²) in [5, 5.41) is 38.9. The van der Waals surface area contributed by atoms with Crippen LogP contribution in [0.5, 0.6) is 0 Å². The fourth-order valence-electron chi connectivity index (χ4n) is 0.684. The van der Waals surface area contributed by atoms with Crippen molar-refractivity contribution < 1.29 is 81.1 Å². The molecule has 12 nitrogen and oxygen atoms in total. The van der Waals surface area contributed by atoms with Gasteiger partial charge in [-0.3, -0.25) is 0 Å². The zero-order valence-corrected chi connectivity index (χ0v) is 9.81. The van der Waals surface area contributed by atoms with E-state index in [0.29, 0.717) is 0 Å². The molecule has 0 aromatic carbocycles. The summed E-state index contributed by atoms with van der Waals surface area (Å²) in [5.74, 6) is -5.98. The van der Waals surface area contributed by atoms with Crippen molar-refractivity contribution in [3.05, 3.63) is 0 Å². The predicted molar refractivity (Wildman–Crippen MR) is 47.3 cm³/mol. The second kappa shape index (κ2) is 16.8. The molecule has 0 rings (SSSR count). The summed E-state index contributed by atoms with van der Waals surface area (Å²) >= 11 is 0. The molecule has 11 N–H and O–H groups in total. The van der Waals surface area contributed by atoms with Gasteiger partial charge in [0.15, 0.2) is 0 Å². The van der Waals surface area contributed by atoms with Gasteiger partial charge in [0.05, 0.1) is 5.97 Å². The van der Waals surface area contributed by atoms with Gasteiger partial charge in [0.25, 0.3) is 0 Å². The minimum Gasteiger partial charge on any atom is -0.550 e. The molecule has 0 aliphatic heterocycles. The molecule has 0 aliphatic rings. The van der Waals surface area contributed by atoms with E-state index in [-0.39, 0.29) is 46.2 Å². The Bertz CT molecular complexity index is 237. The van der Waals surface area contributed by atoms with E-state index in [1.54, 1.807) is 0 Å². The summed E-state index contributed by atoms with van der Waals surface area (Å²) in [7, 11) is 0. The van der Waals surface area contributed by atoms with Crippen molar-refractivity contribution in [2.24, 2.45) is 0 Å². The maximum absolute atomic E-state index is 10.1. The second-order valence-corrected chi connectivity index (χ2v) is 2.42. The number of carboxylic acid groups (broad SMARTS) is 3. The molecular weight excluding hydrogens is 271 g/mol. The molecule has 0 fully saturated rings. The first-order chi connectivity index (χ1) is 5.78. The Morgan fingerprint density at radius 3 is 1.11 bits per heavy atom. The minimum atomic E-state index is -2.97. The molecule has 114 valence electrons. The number of carbonyl (C=O) groups is 3. The van der Waals surface area contributed by atoms with E-state index in [1.165, 1.54) is 0 Å². The average molecular weight is 286 g/mol. The third-order valence-corrected chi connectivity index (χ3v) is 1.25. The minimum absolute atomic E-state index is 0. The van der Waals surface area contributed by atoms with Crippen LogP contribution in [-0.2, 0) is 14.4 Å². The largest absolute Gasteiger partial charge is 1.00 e. The Balaban J connectivity index is -0.0000000480. The molecule has 0 radical (unpaired) electrons. The standard InChI is InChI=1S/C6H8O7.Li.5H2O/c7-3(8)1-6(13,5(11)12)2-4(9)10;;;;;;/h13H,1-2H2,(H,7,8)(H,9,10)(H,11,12);;5*1H2/q;+1;;;;;/p-3. The fraction of sp³-hybridized carbons (Fsp3) is 0.500. The van der Waals surface area contributed by atoms with E-state index in [4.69, 9.17) is 5.11 Å². The Morgan fingerprint density at radius 1 is 0.789 bits per heavy atom. The Morgan fingerprint density at radius 2 is 1.00 bits per heavy atom. The molecular formula is C6H15LiO12-2. The van der Waals surface area contributed by atoms with Crippen LogP contribution in [0.4, 0.5) is 0 Å². The summed E-state index contributed by atoms with van der Waals surface area (Å²) in [6.45, 7) is 0. The molecule has 0 heterocycles. The maximum atomic E-state index is 10.1. The van der Waals surface area contributed by atoms with Gasteiger partial charge in [0.2, 0.25) is 0 Å². The molecule has 0 aliphatic carbocycles. The van der Waals surface area contributed by atoms with Gasteiger partial charge in [-0.25, -0.2) is 0 Å². The van der Waals surface area contributed by atoms with Gasteiger partial charge in [0, 0.05) is 24.8 Å². The maximum Gasteiger partial charge on any atom is 1.00 e. The Hall–Kier alpha value is -1.23. The van der Waals surface area contributed by atoms with E-state index in [2.05, 4.69) is 0 Å². The molecule has 0 aromatic rings. The molecule has 0 aromatic heterocycles. The molecule has 0 unspecified atom stereocenters. The van der Waals surface area contributed by atoms with Crippen LogP contribution in [0.2, 0.25) is 0 Å². The molecule has 0 spiro atoms. The molecule has 0 saturated carbocycles. The van der Waals surface area contributed by atoms with Crippen LogP contribution in [0.15, 0.2) is 0 Å². The van der Waals surface area contributed by atoms with E-state index in [9.17, 15) is 29.7 Å². The first-order valence-corrected chi connectivity index (χ1v) is 3.11. The van der Waals surface area contributed by atoms with Crippen LogP contribution >= 0.6 is 0 Å². The van der Waals surface area contributed by atoms with Crippen LogP contribution in [-0.4, -0.2) is 56.0 Å². The number of rotatable bonds is 5. The first-order valence-electron chi connectivity index (χ1n) is 3.11. The van der Waals surface area contributed by atoms with E-state index >= 15 is 0 Å². The van der Waals surface area contributed by atoms with Gasteiger partial charge < -0.3 is 62.2 Å². The topological polar surface area (TPSA) is 298 Å². The first kappa shape index (κ1) is 43.1. The summed E-state index contributed by atoms with van der Waals surface area (Å²) in [6, 6.07) is 0. The van der Waals surface area contributed by atoms with Crippen molar-refractivity contribution in [2.75, 3.05) is 0 Å². The Labute approximate surface area is 118 Å². The monoisotopic (exact) mass is 286 g/mol. The average Bonchev–Trinajstić information content (AvgIpc) is 1.82. The van der Waals surface area contributed by atoms with Gasteiger partial charge in [0.1, 0.15) is 5.60 Å². The zero-order valence-electron chi connectivity index (χ0n) is 9.81. The molecule has 0 amide bonds. The quantitative estimate of drug-likeness (QED) is 0.474. The van der Waals surface area contributed by atoms with Gasteiger partial charge in [-0.1, -0.05) is 0 Å². The third kappa shape index (κ3) is 16.8. The number of hydrogen-bond donors (Lipinski definition) is 1. The van der Waals surface area contributed by atoms with Gasteiger partial charge in [-0.2, -0.15) is 0 Å². The van der Waals surface area contributed by atoms with Crippen LogP contribution in [0.1, 0.15) is 12.8 Å². The molecule has 0 saturated heterocycles. The molecule has 13 heteroatoms. The van der Waals surface area contributed by atoms with Crippen molar-refractivity contribution in [3.63, 3.8) is 0 Å². The van der Waals surface area contributed by atoms with Crippen molar-refractivity contribution in [1.29, 1.82) is 0 Å². The number of aliphatic hydroxyl groups is 1. The second-order valence-electron chi connectivity index (χ2n) is 2.42. The van der Waals surface area contributed by atoms with Crippen LogP contribution in [0, 0.1) is 0 Å². The molecule has 0 bridgehead atoms. The van der Waals surface area contributed by atoms with Crippen molar-refractivity contribution in [2.45, 2.75) is 18.4 Å². The Kier molecular flexibility index (Phi) is 38.0. The summed E-state index contributed by atoms with van der Waals surface area (Å²) in [4.78, 5) is 30.0. The zero-order chi connectivity index (χ0) is 10.6. The fourth-order valence-corrected chi connectivity index (χ4v) is 0.684. The van der Waals surface area contributed by atoms with Crippen LogP contribution in [0.3, 0.4) is 0 Å². The van der Waals surface area contributed by atoms with Gasteiger partial charge in [-0.05, 0) is 0 Å².